The summed E-state index contributed by atoms with van der Waals surface area (Å²) in [5.74, 6) is 0.757. The minimum atomic E-state index is -3.26. The van der Waals surface area contributed by atoms with Gasteiger partial charge in [-0.05, 0) is 31.8 Å². The van der Waals surface area contributed by atoms with Crippen molar-refractivity contribution < 1.29 is 13.2 Å². The van der Waals surface area contributed by atoms with Gasteiger partial charge in [0.1, 0.15) is 10.4 Å². The number of methoxy groups -OCH3 is 1. The molecule has 19 heavy (non-hydrogen) atoms. The molecule has 1 aromatic rings. The molecule has 0 aromatic heterocycles. The highest BCUT2D eigenvalue weighted by atomic mass is 79.9. The molecule has 1 aromatic carbocycles. The van der Waals surface area contributed by atoms with E-state index in [9.17, 15) is 8.42 Å². The van der Waals surface area contributed by atoms with E-state index < -0.39 is 10.0 Å². The summed E-state index contributed by atoms with van der Waals surface area (Å²) >= 11 is 2.95. The molecule has 0 spiro atoms. The van der Waals surface area contributed by atoms with Crippen LogP contribution in [0.5, 0.6) is 5.75 Å². The molecule has 108 valence electrons. The third kappa shape index (κ3) is 5.10. The van der Waals surface area contributed by atoms with Gasteiger partial charge < -0.3 is 9.64 Å². The van der Waals surface area contributed by atoms with Crippen LogP contribution in [0.1, 0.15) is 11.6 Å². The van der Waals surface area contributed by atoms with E-state index in [1.807, 2.05) is 43.3 Å². The number of halogens is 1. The van der Waals surface area contributed by atoms with E-state index >= 15 is 0 Å². The smallest absolute Gasteiger partial charge is 0.221 e. The Hall–Kier alpha value is -0.630. The molecule has 0 aliphatic carbocycles. The summed E-state index contributed by atoms with van der Waals surface area (Å²) < 4.78 is 30.6. The van der Waals surface area contributed by atoms with Crippen LogP contribution >= 0.6 is 15.9 Å². The molecule has 0 saturated carbocycles. The van der Waals surface area contributed by atoms with E-state index in [4.69, 9.17) is 4.74 Å². The van der Waals surface area contributed by atoms with Crippen LogP contribution < -0.4 is 9.46 Å². The number of rotatable bonds is 7. The van der Waals surface area contributed by atoms with E-state index in [-0.39, 0.29) is 10.7 Å². The molecule has 0 fully saturated rings. The third-order valence-electron chi connectivity index (χ3n) is 2.74. The number of ether oxygens (including phenoxy) is 1. The van der Waals surface area contributed by atoms with Crippen molar-refractivity contribution in [2.45, 2.75) is 6.04 Å². The maximum atomic E-state index is 11.5. The van der Waals surface area contributed by atoms with Crippen LogP contribution in [0.25, 0.3) is 0 Å². The lowest BCUT2D eigenvalue weighted by atomic mass is 10.1. The predicted octanol–water partition coefficient (Wildman–Crippen LogP) is 1.57. The van der Waals surface area contributed by atoms with E-state index in [1.165, 1.54) is 0 Å². The number of alkyl halides is 1. The number of nitrogens with one attached hydrogen (secondary N) is 1. The highest BCUT2D eigenvalue weighted by molar-refractivity contribution is 9.10. The predicted molar refractivity (Wildman–Crippen MR) is 80.1 cm³/mol. The minimum Gasteiger partial charge on any atom is -0.497 e. The normalized spacial score (nSPS) is 13.5. The van der Waals surface area contributed by atoms with Crippen LogP contribution in [0, 0.1) is 0 Å². The maximum Gasteiger partial charge on any atom is 0.221 e. The Morgan fingerprint density at radius 2 is 2.11 bits per heavy atom. The molecule has 0 saturated heterocycles. The number of likely N-dealkylation sites (N-methyl/N-ethyl adjacent to an activating group) is 1. The highest BCUT2D eigenvalue weighted by Crippen LogP contribution is 2.22. The number of sulfonamides is 1. The molecular formula is C12H19BrN2O3S. The van der Waals surface area contributed by atoms with Gasteiger partial charge in [0.25, 0.3) is 0 Å². The van der Waals surface area contributed by atoms with Crippen molar-refractivity contribution >= 4 is 26.0 Å². The first-order chi connectivity index (χ1) is 8.89. The summed E-state index contributed by atoms with van der Waals surface area (Å²) in [6.45, 7) is 0.314. The van der Waals surface area contributed by atoms with Gasteiger partial charge >= 0.3 is 0 Å². The van der Waals surface area contributed by atoms with Crippen LogP contribution in [0.4, 0.5) is 0 Å². The van der Waals surface area contributed by atoms with E-state index in [0.29, 0.717) is 6.54 Å². The molecule has 5 nitrogen and oxygen atoms in total. The molecule has 7 heteroatoms. The Morgan fingerprint density at radius 1 is 1.42 bits per heavy atom. The van der Waals surface area contributed by atoms with Gasteiger partial charge in [-0.2, -0.15) is 0 Å². The first-order valence-corrected chi connectivity index (χ1v) is 8.50. The van der Waals surface area contributed by atoms with Gasteiger partial charge in [-0.25, -0.2) is 13.1 Å². The van der Waals surface area contributed by atoms with Gasteiger partial charge in [-0.15, -0.1) is 0 Å². The van der Waals surface area contributed by atoms with Crippen LogP contribution in [0.3, 0.4) is 0 Å². The van der Waals surface area contributed by atoms with Gasteiger partial charge in [0.15, 0.2) is 0 Å². The molecule has 0 heterocycles. The average molecular weight is 351 g/mol. The average Bonchev–Trinajstić information content (AvgIpc) is 2.38. The maximum absolute atomic E-state index is 11.5. The lowest BCUT2D eigenvalue weighted by molar-refractivity contribution is 0.298. The van der Waals surface area contributed by atoms with Crippen molar-refractivity contribution in [3.8, 4) is 5.75 Å². The van der Waals surface area contributed by atoms with Crippen LogP contribution in [-0.4, -0.2) is 45.7 Å². The largest absolute Gasteiger partial charge is 0.497 e. The summed E-state index contributed by atoms with van der Waals surface area (Å²) in [5.41, 5.74) is 1.00. The topological polar surface area (TPSA) is 58.6 Å². The second-order valence-electron chi connectivity index (χ2n) is 4.33. The molecule has 0 bridgehead atoms. The first kappa shape index (κ1) is 16.4. The molecule has 0 amide bonds. The van der Waals surface area contributed by atoms with Crippen molar-refractivity contribution in [3.05, 3.63) is 29.8 Å². The van der Waals surface area contributed by atoms with E-state index in [2.05, 4.69) is 20.7 Å². The number of benzene rings is 1. The quantitative estimate of drug-likeness (QED) is 0.758. The number of nitrogens with zero attached hydrogens (tertiary/aromatic N) is 1. The van der Waals surface area contributed by atoms with Crippen molar-refractivity contribution in [2.24, 2.45) is 0 Å². The zero-order valence-electron chi connectivity index (χ0n) is 11.3. The molecule has 0 aliphatic rings. The summed E-state index contributed by atoms with van der Waals surface area (Å²) in [6, 6.07) is 7.56. The molecule has 1 unspecified atom stereocenters. The van der Waals surface area contributed by atoms with Gasteiger partial charge in [-0.3, -0.25) is 0 Å². The fraction of sp³-hybridized carbons (Fsp3) is 0.500. The third-order valence-corrected chi connectivity index (χ3v) is 5.44. The standard InChI is InChI=1S/C12H19BrN2O3S/c1-15(2)12(8-14-19(16,17)9-13)10-5-4-6-11(7-10)18-3/h4-7,12,14H,8-9H2,1-3H3. The lowest BCUT2D eigenvalue weighted by Gasteiger charge is -2.25. The summed E-state index contributed by atoms with van der Waals surface area (Å²) in [6.07, 6.45) is 0. The SMILES string of the molecule is COc1cccc(C(CNS(=O)(=O)CBr)N(C)C)c1. The molecule has 1 atom stereocenters. The Kier molecular flexibility index (Phi) is 6.25. The van der Waals surface area contributed by atoms with Crippen molar-refractivity contribution in [2.75, 3.05) is 32.4 Å². The van der Waals surface area contributed by atoms with Crippen molar-refractivity contribution in [1.82, 2.24) is 9.62 Å². The van der Waals surface area contributed by atoms with Gasteiger partial charge in [0.05, 0.1) is 7.11 Å². The fourth-order valence-corrected chi connectivity index (χ4v) is 2.67. The van der Waals surface area contributed by atoms with Crippen molar-refractivity contribution in [3.63, 3.8) is 0 Å². The molecule has 1 N–H and O–H groups in total. The minimum absolute atomic E-state index is 0.0519. The Labute approximate surface area is 123 Å². The summed E-state index contributed by atoms with van der Waals surface area (Å²) in [7, 11) is 2.16. The zero-order chi connectivity index (χ0) is 14.5. The molecular weight excluding hydrogens is 332 g/mol. The van der Waals surface area contributed by atoms with E-state index in [1.54, 1.807) is 7.11 Å². The zero-order valence-corrected chi connectivity index (χ0v) is 13.7. The Morgan fingerprint density at radius 3 is 2.63 bits per heavy atom. The van der Waals surface area contributed by atoms with Gasteiger partial charge in [0, 0.05) is 12.6 Å². The van der Waals surface area contributed by atoms with Crippen LogP contribution in [-0.2, 0) is 10.0 Å². The van der Waals surface area contributed by atoms with Gasteiger partial charge in [-0.1, -0.05) is 28.1 Å². The number of hydrogen-bond acceptors (Lipinski definition) is 4. The van der Waals surface area contributed by atoms with Gasteiger partial charge in [0.2, 0.25) is 10.0 Å². The lowest BCUT2D eigenvalue weighted by Crippen LogP contribution is -2.34. The molecule has 0 aliphatic heterocycles. The highest BCUT2D eigenvalue weighted by Gasteiger charge is 2.17. The summed E-state index contributed by atoms with van der Waals surface area (Å²) in [4.78, 5) is 1.96. The number of hydrogen-bond donors (Lipinski definition) is 1. The second-order valence-corrected chi connectivity index (χ2v) is 7.44. The van der Waals surface area contributed by atoms with Crippen LogP contribution in [0.2, 0.25) is 0 Å². The van der Waals surface area contributed by atoms with Crippen molar-refractivity contribution in [1.29, 1.82) is 0 Å². The molecule has 0 radical (unpaired) electrons. The summed E-state index contributed by atoms with van der Waals surface area (Å²) in [5, 5.41) is 0. The fourth-order valence-electron chi connectivity index (χ4n) is 1.69. The molecule has 1 rings (SSSR count). The Bertz CT molecular complexity index is 505. The second kappa shape index (κ2) is 7.23. The monoisotopic (exact) mass is 350 g/mol. The van der Waals surface area contributed by atoms with Crippen LogP contribution in [0.15, 0.2) is 24.3 Å². The van der Waals surface area contributed by atoms with E-state index in [0.717, 1.165) is 11.3 Å². The first-order valence-electron chi connectivity index (χ1n) is 5.73. The Balaban J connectivity index is 2.88.